The minimum atomic E-state index is -0.245. The molecule has 0 radical (unpaired) electrons. The Hall–Kier alpha value is -1.97. The Labute approximate surface area is 142 Å². The van der Waals surface area contributed by atoms with Crippen LogP contribution in [0.3, 0.4) is 0 Å². The molecule has 1 amide bonds. The third-order valence-electron chi connectivity index (χ3n) is 2.96. The molecule has 0 atom stereocenters. The fraction of sp³-hybridized carbons (Fsp3) is 0.118. The molecule has 0 aliphatic rings. The molecule has 2 aromatic carbocycles. The summed E-state index contributed by atoms with van der Waals surface area (Å²) in [5, 5.41) is 1.26. The molecule has 0 saturated heterocycles. The number of para-hydroxylation sites is 1. The first-order valence-electron chi connectivity index (χ1n) is 6.62. The fourth-order valence-electron chi connectivity index (χ4n) is 1.85. The lowest BCUT2D eigenvalue weighted by molar-refractivity contribution is -0.117. The van der Waals surface area contributed by atoms with E-state index >= 15 is 0 Å². The standard InChI is InChI=1S/C14H11N.C3H7NO.2ClH/c1-2-6-11(7-3-1)14-10-12-8-4-5-9-13(12)15-14;1-2-3(4)5;;/h1-10,15H;2H2,1H3,(H2,4,5);2*1H. The molecule has 0 spiro atoms. The molecule has 118 valence electrons. The van der Waals surface area contributed by atoms with Gasteiger partial charge in [0.25, 0.3) is 0 Å². The van der Waals surface area contributed by atoms with Gasteiger partial charge in [0.2, 0.25) is 5.91 Å². The SMILES string of the molecule is CCC(N)=O.Cl.Cl.c1ccc(-c2cc3ccccc3[nH]2)cc1. The van der Waals surface area contributed by atoms with E-state index in [1.165, 1.54) is 22.2 Å². The smallest absolute Gasteiger partial charge is 0.217 e. The van der Waals surface area contributed by atoms with Crippen molar-refractivity contribution in [2.45, 2.75) is 13.3 Å². The largest absolute Gasteiger partial charge is 0.370 e. The van der Waals surface area contributed by atoms with Crippen LogP contribution < -0.4 is 5.73 Å². The number of benzene rings is 2. The van der Waals surface area contributed by atoms with Gasteiger partial charge in [0.1, 0.15) is 0 Å². The van der Waals surface area contributed by atoms with Crippen molar-refractivity contribution in [3.8, 4) is 11.3 Å². The van der Waals surface area contributed by atoms with Crippen molar-refractivity contribution in [2.75, 3.05) is 0 Å². The summed E-state index contributed by atoms with van der Waals surface area (Å²) in [5.41, 5.74) is 8.25. The number of aromatic amines is 1. The van der Waals surface area contributed by atoms with E-state index in [1.807, 2.05) is 12.1 Å². The molecule has 3 N–H and O–H groups in total. The van der Waals surface area contributed by atoms with Gasteiger partial charge in [-0.15, -0.1) is 24.8 Å². The first-order chi connectivity index (χ1) is 9.70. The molecule has 5 heteroatoms. The summed E-state index contributed by atoms with van der Waals surface area (Å²) in [5.74, 6) is -0.245. The number of nitrogens with one attached hydrogen (secondary N) is 1. The molecular formula is C17H20Cl2N2O. The molecule has 0 fully saturated rings. The van der Waals surface area contributed by atoms with Gasteiger partial charge < -0.3 is 10.7 Å². The van der Waals surface area contributed by atoms with Crippen molar-refractivity contribution in [1.29, 1.82) is 0 Å². The molecule has 22 heavy (non-hydrogen) atoms. The highest BCUT2D eigenvalue weighted by Gasteiger charge is 2.00. The molecule has 3 rings (SSSR count). The number of primary amides is 1. The molecule has 1 heterocycles. The van der Waals surface area contributed by atoms with Crippen molar-refractivity contribution in [3.63, 3.8) is 0 Å². The summed E-state index contributed by atoms with van der Waals surface area (Å²) in [6.45, 7) is 1.72. The normalized spacial score (nSPS) is 8.95. The van der Waals surface area contributed by atoms with Crippen LogP contribution in [-0.2, 0) is 4.79 Å². The second kappa shape index (κ2) is 9.87. The minimum absolute atomic E-state index is 0. The van der Waals surface area contributed by atoms with Gasteiger partial charge in [-0.25, -0.2) is 0 Å². The number of amides is 1. The zero-order valence-corrected chi connectivity index (χ0v) is 13.9. The molecule has 3 aromatic rings. The zero-order chi connectivity index (χ0) is 14.4. The Morgan fingerprint density at radius 2 is 1.55 bits per heavy atom. The van der Waals surface area contributed by atoms with Crippen LogP contribution in [-0.4, -0.2) is 10.9 Å². The van der Waals surface area contributed by atoms with Crippen molar-refractivity contribution in [1.82, 2.24) is 4.98 Å². The Morgan fingerprint density at radius 1 is 1.00 bits per heavy atom. The van der Waals surface area contributed by atoms with Gasteiger partial charge in [0.15, 0.2) is 0 Å². The van der Waals surface area contributed by atoms with Gasteiger partial charge in [-0.05, 0) is 17.7 Å². The Morgan fingerprint density at radius 3 is 2.09 bits per heavy atom. The molecular weight excluding hydrogens is 319 g/mol. The molecule has 0 unspecified atom stereocenters. The lowest BCUT2D eigenvalue weighted by Gasteiger charge is -1.94. The van der Waals surface area contributed by atoms with E-state index < -0.39 is 0 Å². The van der Waals surface area contributed by atoms with Gasteiger partial charge in [0, 0.05) is 23.0 Å². The molecule has 0 saturated carbocycles. The van der Waals surface area contributed by atoms with E-state index in [9.17, 15) is 4.79 Å². The second-order valence-corrected chi connectivity index (χ2v) is 4.46. The summed E-state index contributed by atoms with van der Waals surface area (Å²) in [4.78, 5) is 13.0. The predicted octanol–water partition coefficient (Wildman–Crippen LogP) is 4.56. The highest BCUT2D eigenvalue weighted by atomic mass is 35.5. The van der Waals surface area contributed by atoms with Crippen LogP contribution in [0.2, 0.25) is 0 Å². The van der Waals surface area contributed by atoms with E-state index in [1.54, 1.807) is 6.92 Å². The van der Waals surface area contributed by atoms with Crippen molar-refractivity contribution in [3.05, 3.63) is 60.7 Å². The molecule has 0 aliphatic heterocycles. The number of H-pyrrole nitrogens is 1. The average molecular weight is 339 g/mol. The van der Waals surface area contributed by atoms with E-state index in [0.717, 1.165) is 0 Å². The maximum absolute atomic E-state index is 9.59. The number of fused-ring (bicyclic) bond motifs is 1. The Balaban J connectivity index is 0.000000559. The minimum Gasteiger partial charge on any atom is -0.370 e. The van der Waals surface area contributed by atoms with Crippen LogP contribution in [0.15, 0.2) is 60.7 Å². The third-order valence-corrected chi connectivity index (χ3v) is 2.96. The maximum atomic E-state index is 9.59. The zero-order valence-electron chi connectivity index (χ0n) is 12.3. The monoisotopic (exact) mass is 338 g/mol. The van der Waals surface area contributed by atoms with E-state index in [-0.39, 0.29) is 30.7 Å². The summed E-state index contributed by atoms with van der Waals surface area (Å²) in [7, 11) is 0. The topological polar surface area (TPSA) is 58.9 Å². The number of hydrogen-bond acceptors (Lipinski definition) is 1. The number of aromatic nitrogens is 1. The van der Waals surface area contributed by atoms with Crippen molar-refractivity contribution < 1.29 is 4.79 Å². The van der Waals surface area contributed by atoms with Crippen LogP contribution >= 0.6 is 24.8 Å². The van der Waals surface area contributed by atoms with Crippen LogP contribution in [0, 0.1) is 0 Å². The van der Waals surface area contributed by atoms with Gasteiger partial charge in [-0.2, -0.15) is 0 Å². The van der Waals surface area contributed by atoms with Gasteiger partial charge >= 0.3 is 0 Å². The van der Waals surface area contributed by atoms with Crippen molar-refractivity contribution in [2.24, 2.45) is 5.73 Å². The molecule has 3 nitrogen and oxygen atoms in total. The highest BCUT2D eigenvalue weighted by molar-refractivity contribution is 5.86. The first kappa shape index (κ1) is 20.0. The molecule has 0 bridgehead atoms. The van der Waals surface area contributed by atoms with Crippen LogP contribution in [0.25, 0.3) is 22.2 Å². The quantitative estimate of drug-likeness (QED) is 0.706. The number of nitrogens with two attached hydrogens (primary N) is 1. The summed E-state index contributed by atoms with van der Waals surface area (Å²) in [6.07, 6.45) is 0.444. The fourth-order valence-corrected chi connectivity index (χ4v) is 1.85. The summed E-state index contributed by atoms with van der Waals surface area (Å²) >= 11 is 0. The van der Waals surface area contributed by atoms with Crippen LogP contribution in [0.4, 0.5) is 0 Å². The maximum Gasteiger partial charge on any atom is 0.217 e. The average Bonchev–Trinajstić information content (AvgIpc) is 2.92. The molecule has 1 aromatic heterocycles. The number of rotatable bonds is 2. The van der Waals surface area contributed by atoms with Crippen LogP contribution in [0.5, 0.6) is 0 Å². The number of halogens is 2. The van der Waals surface area contributed by atoms with Gasteiger partial charge in [-0.1, -0.05) is 55.5 Å². The van der Waals surface area contributed by atoms with E-state index in [2.05, 4.69) is 59.2 Å². The number of carbonyl (C=O) groups is 1. The highest BCUT2D eigenvalue weighted by Crippen LogP contribution is 2.23. The Bertz CT molecular complexity index is 663. The number of carbonyl (C=O) groups excluding carboxylic acids is 1. The second-order valence-electron chi connectivity index (χ2n) is 4.46. The lowest BCUT2D eigenvalue weighted by atomic mass is 10.1. The van der Waals surface area contributed by atoms with Gasteiger partial charge in [-0.3, -0.25) is 4.79 Å². The van der Waals surface area contributed by atoms with Crippen LogP contribution in [0.1, 0.15) is 13.3 Å². The van der Waals surface area contributed by atoms with Crippen molar-refractivity contribution >= 4 is 41.6 Å². The molecule has 0 aliphatic carbocycles. The first-order valence-corrected chi connectivity index (χ1v) is 6.62. The Kier molecular flexibility index (Phi) is 8.99. The predicted molar refractivity (Wildman–Crippen MR) is 97.7 cm³/mol. The lowest BCUT2D eigenvalue weighted by Crippen LogP contribution is -2.06. The van der Waals surface area contributed by atoms with E-state index in [4.69, 9.17) is 0 Å². The van der Waals surface area contributed by atoms with Gasteiger partial charge in [0.05, 0.1) is 0 Å². The third kappa shape index (κ3) is 5.43. The van der Waals surface area contributed by atoms with E-state index in [0.29, 0.717) is 6.42 Å². The summed E-state index contributed by atoms with van der Waals surface area (Å²) in [6, 6.07) is 20.9. The summed E-state index contributed by atoms with van der Waals surface area (Å²) < 4.78 is 0. The number of hydrogen-bond donors (Lipinski definition) is 2.